The minimum absolute atomic E-state index is 0.236. The molecule has 110 valence electrons. The summed E-state index contributed by atoms with van der Waals surface area (Å²) in [5.74, 6) is -2.59. The lowest BCUT2D eigenvalue weighted by Gasteiger charge is -2.10. The largest absolute Gasteiger partial charge is 0.396 e. The summed E-state index contributed by atoms with van der Waals surface area (Å²) in [6, 6.07) is 7.24. The van der Waals surface area contributed by atoms with E-state index >= 15 is 0 Å². The van der Waals surface area contributed by atoms with Crippen LogP contribution in [0, 0.1) is 11.6 Å². The second kappa shape index (κ2) is 6.04. The van der Waals surface area contributed by atoms with Gasteiger partial charge in [0.25, 0.3) is 0 Å². The third kappa shape index (κ3) is 2.79. The summed E-state index contributed by atoms with van der Waals surface area (Å²) in [6.45, 7) is 4.00. The SMILES string of the molecule is CCc1ccc(C(=O)c2c(F)ccc(N)c2F)cc1CC. The third-order valence-electron chi connectivity index (χ3n) is 3.58. The molecular formula is C17H17F2NO. The molecule has 2 nitrogen and oxygen atoms in total. The summed E-state index contributed by atoms with van der Waals surface area (Å²) in [5, 5.41) is 0. The van der Waals surface area contributed by atoms with E-state index in [1.54, 1.807) is 12.1 Å². The fourth-order valence-electron chi connectivity index (χ4n) is 2.36. The molecule has 0 heterocycles. The van der Waals surface area contributed by atoms with Crippen LogP contribution in [-0.2, 0) is 12.8 Å². The number of hydrogen-bond acceptors (Lipinski definition) is 2. The minimum atomic E-state index is -1.00. The van der Waals surface area contributed by atoms with E-state index in [0.29, 0.717) is 0 Å². The molecular weight excluding hydrogens is 272 g/mol. The fraction of sp³-hybridized carbons (Fsp3) is 0.235. The van der Waals surface area contributed by atoms with E-state index in [1.807, 2.05) is 19.9 Å². The Labute approximate surface area is 122 Å². The maximum absolute atomic E-state index is 13.9. The lowest BCUT2D eigenvalue weighted by atomic mass is 9.95. The normalized spacial score (nSPS) is 10.7. The van der Waals surface area contributed by atoms with Crippen molar-refractivity contribution in [1.29, 1.82) is 0 Å². The zero-order valence-electron chi connectivity index (χ0n) is 12.0. The second-order valence-electron chi connectivity index (χ2n) is 4.85. The standard InChI is InChI=1S/C17H17F2NO/c1-3-10-5-6-12(9-11(10)4-2)17(21)15-13(18)7-8-14(20)16(15)19/h5-9H,3-4,20H2,1-2H3. The number of carbonyl (C=O) groups excluding carboxylic acids is 1. The molecule has 0 saturated heterocycles. The summed E-state index contributed by atoms with van der Waals surface area (Å²) < 4.78 is 27.7. The first-order chi connectivity index (χ1) is 9.99. The van der Waals surface area contributed by atoms with Gasteiger partial charge in [0.1, 0.15) is 5.82 Å². The number of benzene rings is 2. The number of aryl methyl sites for hydroxylation is 2. The first-order valence-corrected chi connectivity index (χ1v) is 6.89. The van der Waals surface area contributed by atoms with Gasteiger partial charge in [0.2, 0.25) is 0 Å². The maximum atomic E-state index is 13.9. The average molecular weight is 289 g/mol. The molecule has 2 rings (SSSR count). The van der Waals surface area contributed by atoms with E-state index < -0.39 is 23.0 Å². The van der Waals surface area contributed by atoms with Gasteiger partial charge >= 0.3 is 0 Å². The number of nitrogens with two attached hydrogens (primary N) is 1. The number of rotatable bonds is 4. The van der Waals surface area contributed by atoms with Gasteiger partial charge in [-0.3, -0.25) is 4.79 Å². The van der Waals surface area contributed by atoms with E-state index in [4.69, 9.17) is 5.73 Å². The monoisotopic (exact) mass is 289 g/mol. The van der Waals surface area contributed by atoms with Crippen molar-refractivity contribution in [3.8, 4) is 0 Å². The molecule has 0 aliphatic carbocycles. The van der Waals surface area contributed by atoms with Crippen LogP contribution < -0.4 is 5.73 Å². The Bertz CT molecular complexity index is 695. The fourth-order valence-corrected chi connectivity index (χ4v) is 2.36. The molecule has 0 spiro atoms. The zero-order chi connectivity index (χ0) is 15.6. The Morgan fingerprint density at radius 1 is 1.05 bits per heavy atom. The van der Waals surface area contributed by atoms with Crippen molar-refractivity contribution in [3.05, 3.63) is 64.2 Å². The second-order valence-corrected chi connectivity index (χ2v) is 4.85. The van der Waals surface area contributed by atoms with Crippen molar-refractivity contribution >= 4 is 11.5 Å². The molecule has 0 atom stereocenters. The highest BCUT2D eigenvalue weighted by molar-refractivity contribution is 6.10. The molecule has 2 aromatic rings. The molecule has 2 N–H and O–H groups in total. The van der Waals surface area contributed by atoms with Crippen LogP contribution in [0.15, 0.2) is 30.3 Å². The van der Waals surface area contributed by atoms with Crippen molar-refractivity contribution in [2.24, 2.45) is 0 Å². The van der Waals surface area contributed by atoms with Gasteiger partial charge in [-0.15, -0.1) is 0 Å². The lowest BCUT2D eigenvalue weighted by molar-refractivity contribution is 0.103. The summed E-state index contributed by atoms with van der Waals surface area (Å²) in [7, 11) is 0. The number of halogens is 2. The predicted octanol–water partition coefficient (Wildman–Crippen LogP) is 3.90. The average Bonchev–Trinajstić information content (AvgIpc) is 2.50. The lowest BCUT2D eigenvalue weighted by Crippen LogP contribution is -2.10. The number of ketones is 1. The van der Waals surface area contributed by atoms with Crippen LogP contribution in [0.25, 0.3) is 0 Å². The van der Waals surface area contributed by atoms with Crippen molar-refractivity contribution in [3.63, 3.8) is 0 Å². The van der Waals surface area contributed by atoms with E-state index in [-0.39, 0.29) is 11.3 Å². The summed E-state index contributed by atoms with van der Waals surface area (Å²) in [4.78, 5) is 12.4. The Kier molecular flexibility index (Phi) is 4.36. The minimum Gasteiger partial charge on any atom is -0.396 e. The molecule has 0 bridgehead atoms. The molecule has 2 aromatic carbocycles. The molecule has 21 heavy (non-hydrogen) atoms. The van der Waals surface area contributed by atoms with Gasteiger partial charge in [-0.1, -0.05) is 26.0 Å². The van der Waals surface area contributed by atoms with E-state index in [9.17, 15) is 13.6 Å². The van der Waals surface area contributed by atoms with Gasteiger partial charge < -0.3 is 5.73 Å². The van der Waals surface area contributed by atoms with Crippen LogP contribution in [0.3, 0.4) is 0 Å². The highest BCUT2D eigenvalue weighted by Crippen LogP contribution is 2.23. The molecule has 0 radical (unpaired) electrons. The molecule has 0 saturated carbocycles. The molecule has 0 unspecified atom stereocenters. The van der Waals surface area contributed by atoms with E-state index in [2.05, 4.69) is 0 Å². The van der Waals surface area contributed by atoms with Crippen molar-refractivity contribution < 1.29 is 13.6 Å². The van der Waals surface area contributed by atoms with Gasteiger partial charge in [0.05, 0.1) is 11.3 Å². The van der Waals surface area contributed by atoms with Gasteiger partial charge in [0.15, 0.2) is 11.6 Å². The van der Waals surface area contributed by atoms with Crippen molar-refractivity contribution in [2.45, 2.75) is 26.7 Å². The van der Waals surface area contributed by atoms with Crippen LogP contribution in [0.5, 0.6) is 0 Å². The molecule has 0 fully saturated rings. The summed E-state index contributed by atoms with van der Waals surface area (Å²) in [6.07, 6.45) is 1.60. The van der Waals surface area contributed by atoms with E-state index in [0.717, 1.165) is 36.1 Å². The Morgan fingerprint density at radius 3 is 2.33 bits per heavy atom. The van der Waals surface area contributed by atoms with Crippen molar-refractivity contribution in [1.82, 2.24) is 0 Å². The summed E-state index contributed by atoms with van der Waals surface area (Å²) >= 11 is 0. The number of carbonyl (C=O) groups is 1. The van der Waals surface area contributed by atoms with Crippen LogP contribution in [-0.4, -0.2) is 5.78 Å². The predicted molar refractivity (Wildman–Crippen MR) is 79.4 cm³/mol. The number of anilines is 1. The Morgan fingerprint density at radius 2 is 1.71 bits per heavy atom. The van der Waals surface area contributed by atoms with E-state index in [1.165, 1.54) is 0 Å². The van der Waals surface area contributed by atoms with Crippen LogP contribution in [0.4, 0.5) is 14.5 Å². The highest BCUT2D eigenvalue weighted by Gasteiger charge is 2.21. The van der Waals surface area contributed by atoms with Crippen LogP contribution in [0.1, 0.15) is 40.9 Å². The quantitative estimate of drug-likeness (QED) is 0.685. The molecule has 0 aliphatic heterocycles. The zero-order valence-corrected chi connectivity index (χ0v) is 12.0. The van der Waals surface area contributed by atoms with Crippen molar-refractivity contribution in [2.75, 3.05) is 5.73 Å². The van der Waals surface area contributed by atoms with Gasteiger partial charge in [-0.05, 0) is 42.2 Å². The first-order valence-electron chi connectivity index (χ1n) is 6.89. The molecule has 0 amide bonds. The summed E-state index contributed by atoms with van der Waals surface area (Å²) in [5.41, 5.74) is 6.99. The van der Waals surface area contributed by atoms with Crippen LogP contribution >= 0.6 is 0 Å². The number of hydrogen-bond donors (Lipinski definition) is 1. The molecule has 0 aliphatic rings. The molecule has 4 heteroatoms. The Balaban J connectivity index is 2.53. The highest BCUT2D eigenvalue weighted by atomic mass is 19.1. The first kappa shape index (κ1) is 15.2. The Hall–Kier alpha value is -2.23. The third-order valence-corrected chi connectivity index (χ3v) is 3.58. The van der Waals surface area contributed by atoms with Gasteiger partial charge in [-0.2, -0.15) is 0 Å². The van der Waals surface area contributed by atoms with Gasteiger partial charge in [0, 0.05) is 5.56 Å². The molecule has 0 aromatic heterocycles. The maximum Gasteiger partial charge on any atom is 0.199 e. The topological polar surface area (TPSA) is 43.1 Å². The van der Waals surface area contributed by atoms with Crippen LogP contribution in [0.2, 0.25) is 0 Å². The number of nitrogen functional groups attached to an aromatic ring is 1. The van der Waals surface area contributed by atoms with Gasteiger partial charge in [-0.25, -0.2) is 8.78 Å². The smallest absolute Gasteiger partial charge is 0.199 e.